The van der Waals surface area contributed by atoms with E-state index in [0.29, 0.717) is 32.0 Å². The van der Waals surface area contributed by atoms with E-state index in [1.165, 1.54) is 89.9 Å². The lowest BCUT2D eigenvalue weighted by Gasteiger charge is -2.25. The molecule has 4 heteroatoms. The highest BCUT2D eigenvalue weighted by atomic mass is 16.5. The van der Waals surface area contributed by atoms with Crippen LogP contribution >= 0.6 is 0 Å². The van der Waals surface area contributed by atoms with Crippen LogP contribution in [0.3, 0.4) is 0 Å². The summed E-state index contributed by atoms with van der Waals surface area (Å²) < 4.78 is 10.9. The molecule has 0 aromatic heterocycles. The summed E-state index contributed by atoms with van der Waals surface area (Å²) in [4.78, 5) is 24.9. The summed E-state index contributed by atoms with van der Waals surface area (Å²) in [6.45, 7) is 7.17. The van der Waals surface area contributed by atoms with Gasteiger partial charge in [-0.2, -0.15) is 0 Å². The minimum absolute atomic E-state index is 0.239. The van der Waals surface area contributed by atoms with Gasteiger partial charge in [0.15, 0.2) is 0 Å². The van der Waals surface area contributed by atoms with E-state index in [1.54, 1.807) is 0 Å². The van der Waals surface area contributed by atoms with E-state index in [0.717, 1.165) is 12.8 Å². The summed E-state index contributed by atoms with van der Waals surface area (Å²) >= 11 is 0. The standard InChI is InChI=1S/C30H54O4/c1-4-5-6-7-8-9-10-11-12-13-14-15-16-17-18-21-24-33-29(31)27-22-19-20-23-28(27)30(32)34-25-26(2)3/h19-20,26-28H,4-18,21-25H2,1-3H3. The average molecular weight is 479 g/mol. The van der Waals surface area contributed by atoms with Gasteiger partial charge in [0.1, 0.15) is 0 Å². The fraction of sp³-hybridized carbons (Fsp3) is 0.867. The Bertz CT molecular complexity index is 540. The molecular weight excluding hydrogens is 424 g/mol. The van der Waals surface area contributed by atoms with Crippen LogP contribution in [0.2, 0.25) is 0 Å². The van der Waals surface area contributed by atoms with Crippen molar-refractivity contribution in [2.45, 2.75) is 136 Å². The predicted molar refractivity (Wildman–Crippen MR) is 142 cm³/mol. The number of hydrogen-bond donors (Lipinski definition) is 0. The Morgan fingerprint density at radius 3 is 1.44 bits per heavy atom. The molecule has 0 radical (unpaired) electrons. The fourth-order valence-electron chi connectivity index (χ4n) is 4.62. The zero-order chi connectivity index (χ0) is 24.9. The second-order valence-corrected chi connectivity index (χ2v) is 10.7. The molecule has 0 amide bonds. The van der Waals surface area contributed by atoms with Crippen LogP contribution in [-0.2, 0) is 19.1 Å². The zero-order valence-corrected chi connectivity index (χ0v) is 22.7. The number of unbranched alkanes of at least 4 members (excludes halogenated alkanes) is 15. The van der Waals surface area contributed by atoms with Gasteiger partial charge in [-0.3, -0.25) is 9.59 Å². The van der Waals surface area contributed by atoms with Crippen LogP contribution in [0.1, 0.15) is 136 Å². The Kier molecular flexibility index (Phi) is 19.0. The molecule has 34 heavy (non-hydrogen) atoms. The SMILES string of the molecule is CCCCCCCCCCCCCCCCCCOC(=O)C1CC=CCC1C(=O)OCC(C)C. The first-order chi connectivity index (χ1) is 16.6. The molecule has 1 aliphatic carbocycles. The number of ether oxygens (including phenoxy) is 2. The monoisotopic (exact) mass is 478 g/mol. The van der Waals surface area contributed by atoms with Crippen molar-refractivity contribution >= 4 is 11.9 Å². The number of carbonyl (C=O) groups excluding carboxylic acids is 2. The number of carbonyl (C=O) groups is 2. The lowest BCUT2D eigenvalue weighted by Crippen LogP contribution is -2.34. The molecule has 0 heterocycles. The van der Waals surface area contributed by atoms with Crippen LogP contribution in [0.25, 0.3) is 0 Å². The van der Waals surface area contributed by atoms with E-state index in [2.05, 4.69) is 6.92 Å². The Morgan fingerprint density at radius 1 is 0.647 bits per heavy atom. The third-order valence-electron chi connectivity index (χ3n) is 6.84. The van der Waals surface area contributed by atoms with Crippen LogP contribution in [0.15, 0.2) is 12.2 Å². The number of rotatable bonds is 21. The Balaban J connectivity index is 1.97. The first-order valence-corrected chi connectivity index (χ1v) is 14.5. The van der Waals surface area contributed by atoms with E-state index in [-0.39, 0.29) is 11.9 Å². The van der Waals surface area contributed by atoms with Gasteiger partial charge in [0.25, 0.3) is 0 Å². The largest absolute Gasteiger partial charge is 0.465 e. The van der Waals surface area contributed by atoms with E-state index in [4.69, 9.17) is 9.47 Å². The highest BCUT2D eigenvalue weighted by Crippen LogP contribution is 2.28. The summed E-state index contributed by atoms with van der Waals surface area (Å²) in [6, 6.07) is 0. The van der Waals surface area contributed by atoms with Crippen molar-refractivity contribution in [3.8, 4) is 0 Å². The van der Waals surface area contributed by atoms with E-state index in [1.807, 2.05) is 26.0 Å². The second-order valence-electron chi connectivity index (χ2n) is 10.7. The molecule has 0 fully saturated rings. The van der Waals surface area contributed by atoms with Crippen LogP contribution in [-0.4, -0.2) is 25.2 Å². The zero-order valence-electron chi connectivity index (χ0n) is 22.7. The number of hydrogen-bond acceptors (Lipinski definition) is 4. The molecule has 2 atom stereocenters. The third kappa shape index (κ3) is 15.6. The first kappa shape index (κ1) is 30.7. The Labute approximate surface area is 210 Å². The maximum Gasteiger partial charge on any atom is 0.310 e. The molecule has 0 bridgehead atoms. The van der Waals surface area contributed by atoms with Crippen molar-refractivity contribution < 1.29 is 19.1 Å². The summed E-state index contributed by atoms with van der Waals surface area (Å²) in [5.41, 5.74) is 0. The molecule has 2 unspecified atom stereocenters. The highest BCUT2D eigenvalue weighted by Gasteiger charge is 2.36. The van der Waals surface area contributed by atoms with Crippen molar-refractivity contribution in [2.24, 2.45) is 17.8 Å². The lowest BCUT2D eigenvalue weighted by atomic mass is 9.83. The maximum absolute atomic E-state index is 12.5. The maximum atomic E-state index is 12.5. The van der Waals surface area contributed by atoms with Crippen molar-refractivity contribution in [3.63, 3.8) is 0 Å². The molecule has 0 saturated heterocycles. The van der Waals surface area contributed by atoms with Gasteiger partial charge in [-0.15, -0.1) is 0 Å². The van der Waals surface area contributed by atoms with Gasteiger partial charge in [-0.1, -0.05) is 129 Å². The molecule has 0 saturated carbocycles. The van der Waals surface area contributed by atoms with Gasteiger partial charge in [0.2, 0.25) is 0 Å². The topological polar surface area (TPSA) is 52.6 Å². The Morgan fingerprint density at radius 2 is 1.03 bits per heavy atom. The molecular formula is C30H54O4. The van der Waals surface area contributed by atoms with Crippen molar-refractivity contribution in [2.75, 3.05) is 13.2 Å². The summed E-state index contributed by atoms with van der Waals surface area (Å²) in [5, 5.41) is 0. The van der Waals surface area contributed by atoms with Crippen molar-refractivity contribution in [3.05, 3.63) is 12.2 Å². The van der Waals surface area contributed by atoms with Gasteiger partial charge in [-0.05, 0) is 25.2 Å². The third-order valence-corrected chi connectivity index (χ3v) is 6.84. The minimum atomic E-state index is -0.401. The lowest BCUT2D eigenvalue weighted by molar-refractivity contribution is -0.161. The van der Waals surface area contributed by atoms with E-state index in [9.17, 15) is 9.59 Å². The van der Waals surface area contributed by atoms with Gasteiger partial charge in [0.05, 0.1) is 25.0 Å². The van der Waals surface area contributed by atoms with Crippen LogP contribution < -0.4 is 0 Å². The highest BCUT2D eigenvalue weighted by molar-refractivity contribution is 5.82. The number of allylic oxidation sites excluding steroid dienone is 2. The minimum Gasteiger partial charge on any atom is -0.465 e. The first-order valence-electron chi connectivity index (χ1n) is 14.5. The molecule has 0 aromatic rings. The molecule has 0 aromatic carbocycles. The molecule has 0 aliphatic heterocycles. The normalized spacial score (nSPS) is 17.8. The summed E-state index contributed by atoms with van der Waals surface area (Å²) in [5.74, 6) is -1.00. The molecule has 0 spiro atoms. The van der Waals surface area contributed by atoms with Gasteiger partial charge in [-0.25, -0.2) is 0 Å². The van der Waals surface area contributed by atoms with Gasteiger partial charge >= 0.3 is 11.9 Å². The summed E-state index contributed by atoms with van der Waals surface area (Å²) in [6.07, 6.45) is 26.3. The van der Waals surface area contributed by atoms with Crippen LogP contribution in [0.5, 0.6) is 0 Å². The number of esters is 2. The fourth-order valence-corrected chi connectivity index (χ4v) is 4.62. The molecule has 198 valence electrons. The molecule has 0 N–H and O–H groups in total. The van der Waals surface area contributed by atoms with Crippen LogP contribution in [0, 0.1) is 17.8 Å². The average Bonchev–Trinajstić information content (AvgIpc) is 2.84. The van der Waals surface area contributed by atoms with E-state index >= 15 is 0 Å². The molecule has 4 nitrogen and oxygen atoms in total. The van der Waals surface area contributed by atoms with Gasteiger partial charge < -0.3 is 9.47 Å². The summed E-state index contributed by atoms with van der Waals surface area (Å²) in [7, 11) is 0. The van der Waals surface area contributed by atoms with E-state index < -0.39 is 11.8 Å². The quantitative estimate of drug-likeness (QED) is 0.0941. The van der Waals surface area contributed by atoms with Crippen molar-refractivity contribution in [1.82, 2.24) is 0 Å². The Hall–Kier alpha value is -1.32. The second kappa shape index (κ2) is 21.0. The smallest absolute Gasteiger partial charge is 0.310 e. The van der Waals surface area contributed by atoms with Crippen LogP contribution in [0.4, 0.5) is 0 Å². The molecule has 1 rings (SSSR count). The predicted octanol–water partition coefficient (Wildman–Crippen LogP) is 8.57. The molecule has 1 aliphatic rings. The van der Waals surface area contributed by atoms with Crippen molar-refractivity contribution in [1.29, 1.82) is 0 Å². The van der Waals surface area contributed by atoms with Gasteiger partial charge in [0, 0.05) is 0 Å².